The molecule has 0 radical (unpaired) electrons. The number of hydrogen-bond acceptors (Lipinski definition) is 0. The molecule has 2 rings (SSSR count). The van der Waals surface area contributed by atoms with Crippen molar-refractivity contribution in [2.45, 2.75) is 39.0 Å². The van der Waals surface area contributed by atoms with Crippen LogP contribution in [0.4, 0.5) is 0 Å². The lowest BCUT2D eigenvalue weighted by atomic mass is 10.0. The topological polar surface area (TPSA) is 0 Å². The van der Waals surface area contributed by atoms with Crippen molar-refractivity contribution in [1.82, 2.24) is 0 Å². The highest BCUT2D eigenvalue weighted by Gasteiger charge is 2.11. The van der Waals surface area contributed by atoms with E-state index in [9.17, 15) is 0 Å². The molecule has 0 amide bonds. The smallest absolute Gasteiger partial charge is 0.0248 e. The van der Waals surface area contributed by atoms with E-state index < -0.39 is 0 Å². The van der Waals surface area contributed by atoms with E-state index >= 15 is 0 Å². The van der Waals surface area contributed by atoms with Crippen LogP contribution in [0, 0.1) is 0 Å². The van der Waals surface area contributed by atoms with E-state index in [2.05, 4.69) is 47.1 Å². The number of benzene rings is 1. The Morgan fingerprint density at radius 3 is 2.93 bits per heavy atom. The number of allylic oxidation sites excluding steroid dienone is 1. The second-order valence-electron chi connectivity index (χ2n) is 4.17. The number of halogens is 1. The Hall–Kier alpha value is -0.560. The lowest BCUT2D eigenvalue weighted by Gasteiger charge is -2.09. The number of unbranched alkanes of at least 4 members (excludes halogenated alkanes) is 2. The molecule has 0 atom stereocenters. The minimum atomic E-state index is 1.09. The monoisotopic (exact) mass is 264 g/mol. The Balaban J connectivity index is 2.13. The molecule has 0 bridgehead atoms. The van der Waals surface area contributed by atoms with Crippen molar-refractivity contribution in [3.8, 4) is 0 Å². The maximum atomic E-state index is 3.74. The molecule has 0 spiro atoms. The molecule has 15 heavy (non-hydrogen) atoms. The molecule has 0 nitrogen and oxygen atoms in total. The van der Waals surface area contributed by atoms with Crippen LogP contribution in [-0.2, 0) is 12.8 Å². The third-order valence-corrected chi connectivity index (χ3v) is 4.02. The molecule has 0 aromatic heterocycles. The molecule has 0 N–H and O–H groups in total. The normalized spacial score (nSPS) is 13.2. The van der Waals surface area contributed by atoms with Crippen LogP contribution in [-0.4, -0.2) is 0 Å². The summed E-state index contributed by atoms with van der Waals surface area (Å²) in [6.07, 6.45) is 10.7. The highest BCUT2D eigenvalue weighted by molar-refractivity contribution is 9.10. The molecular formula is C14H17Br. The number of rotatable bonds is 4. The van der Waals surface area contributed by atoms with Gasteiger partial charge in [-0.1, -0.05) is 60.0 Å². The zero-order chi connectivity index (χ0) is 10.7. The molecule has 1 aliphatic rings. The van der Waals surface area contributed by atoms with Crippen molar-refractivity contribution in [1.29, 1.82) is 0 Å². The van der Waals surface area contributed by atoms with Gasteiger partial charge in [0.15, 0.2) is 0 Å². The Morgan fingerprint density at radius 1 is 1.27 bits per heavy atom. The standard InChI is InChI=1S/C14H17Br/c1-2-3-4-6-12-10-9-11-7-5-8-13(11)14(12)15/h5,7,9-10H,2-4,6,8H2,1H3. The van der Waals surface area contributed by atoms with Gasteiger partial charge < -0.3 is 0 Å². The molecule has 1 aromatic carbocycles. The summed E-state index contributed by atoms with van der Waals surface area (Å²) in [4.78, 5) is 0. The van der Waals surface area contributed by atoms with Crippen LogP contribution in [0.1, 0.15) is 42.9 Å². The summed E-state index contributed by atoms with van der Waals surface area (Å²) in [6, 6.07) is 4.53. The Labute approximate surface area is 101 Å². The van der Waals surface area contributed by atoms with Crippen LogP contribution < -0.4 is 0 Å². The quantitative estimate of drug-likeness (QED) is 0.689. The molecule has 0 saturated heterocycles. The SMILES string of the molecule is CCCCCc1ccc2c(c1Br)CC=C2. The van der Waals surface area contributed by atoms with Gasteiger partial charge in [0, 0.05) is 4.47 Å². The van der Waals surface area contributed by atoms with E-state index in [1.807, 2.05) is 0 Å². The van der Waals surface area contributed by atoms with Gasteiger partial charge in [-0.15, -0.1) is 0 Å². The summed E-state index contributed by atoms with van der Waals surface area (Å²) in [6.45, 7) is 2.25. The summed E-state index contributed by atoms with van der Waals surface area (Å²) in [7, 11) is 0. The molecule has 1 aromatic rings. The van der Waals surface area contributed by atoms with Gasteiger partial charge in [-0.25, -0.2) is 0 Å². The lowest BCUT2D eigenvalue weighted by Crippen LogP contribution is -1.92. The highest BCUT2D eigenvalue weighted by Crippen LogP contribution is 2.31. The summed E-state index contributed by atoms with van der Waals surface area (Å²) in [5.41, 5.74) is 4.34. The fraction of sp³-hybridized carbons (Fsp3) is 0.429. The van der Waals surface area contributed by atoms with Crippen molar-refractivity contribution in [2.24, 2.45) is 0 Å². The third kappa shape index (κ3) is 2.34. The minimum Gasteiger partial charge on any atom is -0.0795 e. The molecule has 80 valence electrons. The van der Waals surface area contributed by atoms with Gasteiger partial charge >= 0.3 is 0 Å². The third-order valence-electron chi connectivity index (χ3n) is 3.03. The lowest BCUT2D eigenvalue weighted by molar-refractivity contribution is 0.715. The average molecular weight is 265 g/mol. The first-order valence-corrected chi connectivity index (χ1v) is 6.59. The van der Waals surface area contributed by atoms with Gasteiger partial charge in [-0.3, -0.25) is 0 Å². The second kappa shape index (κ2) is 4.98. The Kier molecular flexibility index (Phi) is 3.63. The first kappa shape index (κ1) is 10.9. The number of fused-ring (bicyclic) bond motifs is 1. The summed E-state index contributed by atoms with van der Waals surface area (Å²) in [5, 5.41) is 0. The fourth-order valence-electron chi connectivity index (χ4n) is 2.11. The van der Waals surface area contributed by atoms with Crippen molar-refractivity contribution >= 4 is 22.0 Å². The summed E-state index contributed by atoms with van der Waals surface area (Å²) < 4.78 is 1.35. The van der Waals surface area contributed by atoms with E-state index in [0.717, 1.165) is 6.42 Å². The average Bonchev–Trinajstić information content (AvgIpc) is 2.70. The van der Waals surface area contributed by atoms with Crippen LogP contribution in [0.25, 0.3) is 6.08 Å². The zero-order valence-corrected chi connectivity index (χ0v) is 10.8. The number of hydrogen-bond donors (Lipinski definition) is 0. The maximum Gasteiger partial charge on any atom is 0.0248 e. The molecule has 0 fully saturated rings. The van der Waals surface area contributed by atoms with Crippen LogP contribution in [0.5, 0.6) is 0 Å². The predicted molar refractivity (Wildman–Crippen MR) is 70.1 cm³/mol. The zero-order valence-electron chi connectivity index (χ0n) is 9.22. The molecule has 1 heteroatoms. The van der Waals surface area contributed by atoms with Gasteiger partial charge in [0.2, 0.25) is 0 Å². The van der Waals surface area contributed by atoms with E-state index in [-0.39, 0.29) is 0 Å². The van der Waals surface area contributed by atoms with Crippen molar-refractivity contribution in [3.05, 3.63) is 39.4 Å². The number of aryl methyl sites for hydroxylation is 1. The van der Waals surface area contributed by atoms with Crippen LogP contribution >= 0.6 is 15.9 Å². The minimum absolute atomic E-state index is 1.09. The van der Waals surface area contributed by atoms with Crippen LogP contribution in [0.3, 0.4) is 0 Å². The maximum absolute atomic E-state index is 3.74. The van der Waals surface area contributed by atoms with E-state index in [0.29, 0.717) is 0 Å². The highest BCUT2D eigenvalue weighted by atomic mass is 79.9. The van der Waals surface area contributed by atoms with Crippen LogP contribution in [0.2, 0.25) is 0 Å². The van der Waals surface area contributed by atoms with Gasteiger partial charge in [-0.2, -0.15) is 0 Å². The van der Waals surface area contributed by atoms with Crippen molar-refractivity contribution in [2.75, 3.05) is 0 Å². The van der Waals surface area contributed by atoms with Gasteiger partial charge in [0.05, 0.1) is 0 Å². The van der Waals surface area contributed by atoms with E-state index in [4.69, 9.17) is 0 Å². The van der Waals surface area contributed by atoms with Gasteiger partial charge in [-0.05, 0) is 36.0 Å². The Bertz CT molecular complexity index is 377. The fourth-order valence-corrected chi connectivity index (χ4v) is 2.83. The van der Waals surface area contributed by atoms with E-state index in [1.54, 1.807) is 0 Å². The van der Waals surface area contributed by atoms with Gasteiger partial charge in [0.1, 0.15) is 0 Å². The first-order chi connectivity index (χ1) is 7.33. The predicted octanol–water partition coefficient (Wildman–Crippen LogP) is 4.75. The Morgan fingerprint density at radius 2 is 2.13 bits per heavy atom. The van der Waals surface area contributed by atoms with Crippen molar-refractivity contribution in [3.63, 3.8) is 0 Å². The molecular weight excluding hydrogens is 248 g/mol. The molecule has 0 saturated carbocycles. The largest absolute Gasteiger partial charge is 0.0795 e. The molecule has 0 unspecified atom stereocenters. The second-order valence-corrected chi connectivity index (χ2v) is 4.96. The summed E-state index contributed by atoms with van der Waals surface area (Å²) >= 11 is 3.74. The van der Waals surface area contributed by atoms with Crippen molar-refractivity contribution < 1.29 is 0 Å². The molecule has 0 aliphatic heterocycles. The molecule has 0 heterocycles. The first-order valence-electron chi connectivity index (χ1n) is 5.79. The van der Waals surface area contributed by atoms with E-state index in [1.165, 1.54) is 46.8 Å². The van der Waals surface area contributed by atoms with Crippen LogP contribution in [0.15, 0.2) is 22.7 Å². The summed E-state index contributed by atoms with van der Waals surface area (Å²) in [5.74, 6) is 0. The van der Waals surface area contributed by atoms with Gasteiger partial charge in [0.25, 0.3) is 0 Å². The molecule has 1 aliphatic carbocycles.